The largest absolute Gasteiger partial charge is 0.379 e. The van der Waals surface area contributed by atoms with E-state index in [1.165, 1.54) is 12.8 Å². The van der Waals surface area contributed by atoms with E-state index in [0.29, 0.717) is 11.5 Å². The van der Waals surface area contributed by atoms with Crippen molar-refractivity contribution in [3.8, 4) is 0 Å². The molecule has 1 saturated carbocycles. The maximum absolute atomic E-state index is 5.51. The Morgan fingerprint density at radius 2 is 2.07 bits per heavy atom. The lowest BCUT2D eigenvalue weighted by atomic mass is 9.90. The molecule has 0 aromatic rings. The molecule has 2 unspecified atom stereocenters. The number of hydrogen-bond donors (Lipinski definition) is 1. The van der Waals surface area contributed by atoms with Gasteiger partial charge in [0.05, 0.1) is 5.60 Å². The second kappa shape index (κ2) is 4.42. The van der Waals surface area contributed by atoms with Crippen LogP contribution in [0, 0.1) is 11.3 Å². The topological polar surface area (TPSA) is 21.3 Å². The fourth-order valence-corrected chi connectivity index (χ4v) is 2.46. The zero-order valence-electron chi connectivity index (χ0n) is 11.2. The molecule has 1 aliphatic rings. The fourth-order valence-electron chi connectivity index (χ4n) is 2.46. The molecule has 1 rings (SSSR count). The Kier molecular flexibility index (Phi) is 3.83. The first-order valence-corrected chi connectivity index (χ1v) is 6.08. The molecule has 1 N–H and O–H groups in total. The van der Waals surface area contributed by atoms with Crippen LogP contribution in [0.4, 0.5) is 0 Å². The second-order valence-electron chi connectivity index (χ2n) is 6.26. The standard InChI is InChI=1S/C13H27NO/c1-10(2)14-8-11-7-13(11,5)9-12(3,4)15-6/h10-11,14H,7-9H2,1-6H3. The lowest BCUT2D eigenvalue weighted by molar-refractivity contribution is -0.00171. The molecule has 2 nitrogen and oxygen atoms in total. The molecule has 0 aromatic heterocycles. The molecule has 90 valence electrons. The molecule has 15 heavy (non-hydrogen) atoms. The van der Waals surface area contributed by atoms with E-state index >= 15 is 0 Å². The highest BCUT2D eigenvalue weighted by atomic mass is 16.5. The number of rotatable bonds is 6. The highest BCUT2D eigenvalue weighted by Crippen LogP contribution is 2.56. The molecule has 0 aliphatic heterocycles. The van der Waals surface area contributed by atoms with Gasteiger partial charge in [-0.05, 0) is 44.6 Å². The molecule has 0 saturated heterocycles. The highest BCUT2D eigenvalue weighted by molar-refractivity contribution is 5.02. The lowest BCUT2D eigenvalue weighted by Gasteiger charge is -2.27. The van der Waals surface area contributed by atoms with E-state index in [9.17, 15) is 0 Å². The Morgan fingerprint density at radius 3 is 2.53 bits per heavy atom. The van der Waals surface area contributed by atoms with Gasteiger partial charge >= 0.3 is 0 Å². The molecular formula is C13H27NO. The molecule has 0 spiro atoms. The summed E-state index contributed by atoms with van der Waals surface area (Å²) in [4.78, 5) is 0. The van der Waals surface area contributed by atoms with Crippen molar-refractivity contribution in [2.24, 2.45) is 11.3 Å². The van der Waals surface area contributed by atoms with Crippen LogP contribution in [-0.2, 0) is 4.74 Å². The van der Waals surface area contributed by atoms with Gasteiger partial charge in [0.1, 0.15) is 0 Å². The summed E-state index contributed by atoms with van der Waals surface area (Å²) in [6.07, 6.45) is 2.51. The summed E-state index contributed by atoms with van der Waals surface area (Å²) in [6, 6.07) is 0.602. The maximum Gasteiger partial charge on any atom is 0.0628 e. The number of hydrogen-bond acceptors (Lipinski definition) is 2. The molecular weight excluding hydrogens is 186 g/mol. The van der Waals surface area contributed by atoms with E-state index in [1.807, 2.05) is 7.11 Å². The smallest absolute Gasteiger partial charge is 0.0628 e. The second-order valence-corrected chi connectivity index (χ2v) is 6.26. The molecule has 0 amide bonds. The van der Waals surface area contributed by atoms with Crippen molar-refractivity contribution in [1.82, 2.24) is 5.32 Å². The molecule has 0 aromatic carbocycles. The first-order chi connectivity index (χ1) is 6.79. The van der Waals surface area contributed by atoms with Crippen molar-refractivity contribution in [1.29, 1.82) is 0 Å². The van der Waals surface area contributed by atoms with Gasteiger partial charge < -0.3 is 10.1 Å². The van der Waals surface area contributed by atoms with Crippen LogP contribution in [0.15, 0.2) is 0 Å². The summed E-state index contributed by atoms with van der Waals surface area (Å²) < 4.78 is 5.51. The minimum Gasteiger partial charge on any atom is -0.379 e. The third-order valence-corrected chi connectivity index (χ3v) is 3.69. The van der Waals surface area contributed by atoms with Gasteiger partial charge in [0.25, 0.3) is 0 Å². The SMILES string of the molecule is COC(C)(C)CC1(C)CC1CNC(C)C. The van der Waals surface area contributed by atoms with Gasteiger partial charge in [-0.15, -0.1) is 0 Å². The summed E-state index contributed by atoms with van der Waals surface area (Å²) in [6.45, 7) is 12.3. The van der Waals surface area contributed by atoms with Crippen LogP contribution in [0.25, 0.3) is 0 Å². The van der Waals surface area contributed by atoms with Gasteiger partial charge in [0, 0.05) is 13.2 Å². The Morgan fingerprint density at radius 1 is 1.47 bits per heavy atom. The summed E-state index contributed by atoms with van der Waals surface area (Å²) in [7, 11) is 1.81. The van der Waals surface area contributed by atoms with Crippen molar-refractivity contribution in [3.05, 3.63) is 0 Å². The maximum atomic E-state index is 5.51. The van der Waals surface area contributed by atoms with Gasteiger partial charge in [-0.1, -0.05) is 20.8 Å². The number of nitrogens with one attached hydrogen (secondary N) is 1. The van der Waals surface area contributed by atoms with E-state index in [0.717, 1.165) is 12.5 Å². The normalized spacial score (nSPS) is 31.0. The van der Waals surface area contributed by atoms with Crippen LogP contribution in [0.3, 0.4) is 0 Å². The van der Waals surface area contributed by atoms with Crippen LogP contribution in [0.5, 0.6) is 0 Å². The summed E-state index contributed by atoms with van der Waals surface area (Å²) >= 11 is 0. The number of methoxy groups -OCH3 is 1. The minimum atomic E-state index is 0.0291. The van der Waals surface area contributed by atoms with Crippen molar-refractivity contribution in [3.63, 3.8) is 0 Å². The molecule has 0 radical (unpaired) electrons. The quantitative estimate of drug-likeness (QED) is 0.732. The average molecular weight is 213 g/mol. The van der Waals surface area contributed by atoms with Crippen LogP contribution < -0.4 is 5.32 Å². The molecule has 0 bridgehead atoms. The summed E-state index contributed by atoms with van der Waals surface area (Å²) in [5.74, 6) is 0.842. The van der Waals surface area contributed by atoms with Crippen LogP contribution in [0.2, 0.25) is 0 Å². The highest BCUT2D eigenvalue weighted by Gasteiger charge is 2.51. The Hall–Kier alpha value is -0.0800. The van der Waals surface area contributed by atoms with Crippen LogP contribution >= 0.6 is 0 Å². The zero-order valence-corrected chi connectivity index (χ0v) is 11.2. The first-order valence-electron chi connectivity index (χ1n) is 6.08. The molecule has 1 fully saturated rings. The van der Waals surface area contributed by atoms with Gasteiger partial charge in [0.15, 0.2) is 0 Å². The van der Waals surface area contributed by atoms with Gasteiger partial charge in [-0.3, -0.25) is 0 Å². The molecule has 0 heterocycles. The van der Waals surface area contributed by atoms with E-state index in [-0.39, 0.29) is 5.60 Å². The summed E-state index contributed by atoms with van der Waals surface area (Å²) in [5.41, 5.74) is 0.530. The van der Waals surface area contributed by atoms with E-state index in [2.05, 4.69) is 39.9 Å². The monoisotopic (exact) mass is 213 g/mol. The minimum absolute atomic E-state index is 0.0291. The van der Waals surface area contributed by atoms with Crippen molar-refractivity contribution in [2.45, 2.75) is 59.1 Å². The van der Waals surface area contributed by atoms with E-state index < -0.39 is 0 Å². The molecule has 2 atom stereocenters. The van der Waals surface area contributed by atoms with Crippen molar-refractivity contribution < 1.29 is 4.74 Å². The lowest BCUT2D eigenvalue weighted by Crippen LogP contribution is -2.30. The van der Waals surface area contributed by atoms with E-state index in [1.54, 1.807) is 0 Å². The first kappa shape index (κ1) is 13.0. The van der Waals surface area contributed by atoms with Crippen LogP contribution in [0.1, 0.15) is 47.5 Å². The predicted molar refractivity (Wildman–Crippen MR) is 65.1 cm³/mol. The van der Waals surface area contributed by atoms with Crippen LogP contribution in [-0.4, -0.2) is 25.3 Å². The molecule has 2 heteroatoms. The van der Waals surface area contributed by atoms with Crippen molar-refractivity contribution in [2.75, 3.05) is 13.7 Å². The predicted octanol–water partition coefficient (Wildman–Crippen LogP) is 2.83. The Bertz CT molecular complexity index is 213. The average Bonchev–Trinajstić information content (AvgIpc) is 2.72. The fraction of sp³-hybridized carbons (Fsp3) is 1.00. The zero-order chi connectivity index (χ0) is 11.7. The van der Waals surface area contributed by atoms with Gasteiger partial charge in [-0.2, -0.15) is 0 Å². The Balaban J connectivity index is 2.32. The van der Waals surface area contributed by atoms with Gasteiger partial charge in [-0.25, -0.2) is 0 Å². The van der Waals surface area contributed by atoms with Gasteiger partial charge in [0.2, 0.25) is 0 Å². The third-order valence-electron chi connectivity index (χ3n) is 3.69. The van der Waals surface area contributed by atoms with Crippen molar-refractivity contribution >= 4 is 0 Å². The summed E-state index contributed by atoms with van der Waals surface area (Å²) in [5, 5.41) is 3.53. The van der Waals surface area contributed by atoms with E-state index in [4.69, 9.17) is 4.74 Å². The number of ether oxygens (including phenoxy) is 1. The Labute approximate surface area is 94.8 Å². The molecule has 1 aliphatic carbocycles. The third kappa shape index (κ3) is 3.76.